The van der Waals surface area contributed by atoms with Crippen molar-refractivity contribution in [3.05, 3.63) is 52.8 Å². The number of likely N-dealkylation sites (tertiary alicyclic amines) is 1. The maximum atomic E-state index is 13.1. The average Bonchev–Trinajstić information content (AvgIpc) is 2.98. The topological polar surface area (TPSA) is 61.6 Å². The van der Waals surface area contributed by atoms with Gasteiger partial charge in [0.25, 0.3) is 5.91 Å². The number of aromatic nitrogens is 2. The Morgan fingerprint density at radius 2 is 1.97 bits per heavy atom. The molecule has 1 amide bonds. The van der Waals surface area contributed by atoms with Gasteiger partial charge in [0, 0.05) is 44.5 Å². The zero-order valence-corrected chi connectivity index (χ0v) is 18.4. The lowest BCUT2D eigenvalue weighted by atomic mass is 9.90. The molecule has 0 spiro atoms. The van der Waals surface area contributed by atoms with Crippen molar-refractivity contribution in [2.45, 2.75) is 58.2 Å². The Kier molecular flexibility index (Phi) is 6.44. The Morgan fingerprint density at radius 1 is 1.28 bits per heavy atom. The third kappa shape index (κ3) is 4.87. The van der Waals surface area contributed by atoms with Crippen molar-refractivity contribution in [1.29, 1.82) is 0 Å². The van der Waals surface area contributed by atoms with Crippen LogP contribution in [-0.4, -0.2) is 56.3 Å². The molecule has 1 aliphatic heterocycles. The van der Waals surface area contributed by atoms with Gasteiger partial charge in [0.1, 0.15) is 0 Å². The number of nitrogens with zero attached hydrogens (tertiary/aromatic N) is 4. The van der Waals surface area contributed by atoms with E-state index in [2.05, 4.69) is 43.2 Å². The fraction of sp³-hybridized carbons (Fsp3) is 0.565. The summed E-state index contributed by atoms with van der Waals surface area (Å²) in [6.07, 6.45) is 3.17. The highest BCUT2D eigenvalue weighted by Crippen LogP contribution is 2.26. The molecule has 1 aliphatic rings. The molecule has 29 heavy (non-hydrogen) atoms. The SMILES string of the molecule is Cc1c(CN(C)C[C@@]2(O)CCCN(Cc3ccc(C(C)C)cc3)C2=O)cnn1C. The number of benzene rings is 1. The van der Waals surface area contributed by atoms with E-state index in [1.54, 1.807) is 4.90 Å². The summed E-state index contributed by atoms with van der Waals surface area (Å²) in [6.45, 7) is 8.60. The van der Waals surface area contributed by atoms with E-state index in [4.69, 9.17) is 0 Å². The monoisotopic (exact) mass is 398 g/mol. The van der Waals surface area contributed by atoms with Gasteiger partial charge in [0.05, 0.1) is 6.20 Å². The molecular formula is C23H34N4O2. The average molecular weight is 399 g/mol. The van der Waals surface area contributed by atoms with E-state index in [0.717, 1.165) is 23.2 Å². The molecule has 0 saturated carbocycles. The Hall–Kier alpha value is -2.18. The van der Waals surface area contributed by atoms with E-state index in [1.165, 1.54) is 5.56 Å². The Labute approximate surface area is 174 Å². The molecule has 2 heterocycles. The number of carbonyl (C=O) groups is 1. The second-order valence-corrected chi connectivity index (χ2v) is 8.81. The van der Waals surface area contributed by atoms with Crippen molar-refractivity contribution in [3.8, 4) is 0 Å². The standard InChI is InChI=1S/C23H34N4O2/c1-17(2)20-9-7-19(8-10-20)14-27-12-6-11-23(29,22(27)28)16-25(4)15-21-13-24-26(5)18(21)3/h7-10,13,17,29H,6,11-12,14-16H2,1-5H3/t23-/m0/s1. The highest BCUT2D eigenvalue weighted by Gasteiger charge is 2.42. The van der Waals surface area contributed by atoms with Gasteiger partial charge in [-0.2, -0.15) is 5.10 Å². The van der Waals surface area contributed by atoms with Crippen LogP contribution in [0, 0.1) is 6.92 Å². The third-order valence-corrected chi connectivity index (χ3v) is 6.03. The van der Waals surface area contributed by atoms with Crippen molar-refractivity contribution >= 4 is 5.91 Å². The van der Waals surface area contributed by atoms with Gasteiger partial charge in [-0.05, 0) is 43.9 Å². The third-order valence-electron chi connectivity index (χ3n) is 6.03. The molecule has 1 aromatic heterocycles. The van der Waals surface area contributed by atoms with Crippen LogP contribution in [0.5, 0.6) is 0 Å². The number of likely N-dealkylation sites (N-methyl/N-ethyl adjacent to an activating group) is 1. The molecule has 1 aromatic carbocycles. The molecule has 6 nitrogen and oxygen atoms in total. The summed E-state index contributed by atoms with van der Waals surface area (Å²) in [5.41, 5.74) is 3.28. The number of hydrogen-bond acceptors (Lipinski definition) is 4. The normalized spacial score (nSPS) is 20.1. The molecule has 1 saturated heterocycles. The van der Waals surface area contributed by atoms with E-state index in [1.807, 2.05) is 36.8 Å². The van der Waals surface area contributed by atoms with Crippen LogP contribution in [0.4, 0.5) is 0 Å². The summed E-state index contributed by atoms with van der Waals surface area (Å²) in [5, 5.41) is 15.5. The zero-order valence-electron chi connectivity index (χ0n) is 18.4. The van der Waals surface area contributed by atoms with Crippen LogP contribution < -0.4 is 0 Å². The van der Waals surface area contributed by atoms with Gasteiger partial charge in [-0.25, -0.2) is 0 Å². The molecule has 0 bridgehead atoms. The number of aryl methyl sites for hydroxylation is 1. The molecule has 6 heteroatoms. The van der Waals surface area contributed by atoms with Crippen molar-refractivity contribution < 1.29 is 9.90 Å². The van der Waals surface area contributed by atoms with Gasteiger partial charge in [-0.1, -0.05) is 38.1 Å². The summed E-state index contributed by atoms with van der Waals surface area (Å²) < 4.78 is 1.84. The predicted molar refractivity (Wildman–Crippen MR) is 114 cm³/mol. The van der Waals surface area contributed by atoms with Gasteiger partial charge >= 0.3 is 0 Å². The van der Waals surface area contributed by atoms with Gasteiger partial charge in [-0.15, -0.1) is 0 Å². The summed E-state index contributed by atoms with van der Waals surface area (Å²) in [5.74, 6) is 0.330. The van der Waals surface area contributed by atoms with Crippen LogP contribution >= 0.6 is 0 Å². The second-order valence-electron chi connectivity index (χ2n) is 8.81. The fourth-order valence-electron chi connectivity index (χ4n) is 4.08. The molecule has 1 atom stereocenters. The number of rotatable bonds is 7. The molecular weight excluding hydrogens is 364 g/mol. The van der Waals surface area contributed by atoms with Gasteiger partial charge in [0.2, 0.25) is 0 Å². The summed E-state index contributed by atoms with van der Waals surface area (Å²) in [7, 11) is 3.86. The van der Waals surface area contributed by atoms with Crippen LogP contribution in [-0.2, 0) is 24.9 Å². The first kappa shape index (κ1) is 21.5. The van der Waals surface area contributed by atoms with E-state index in [0.29, 0.717) is 38.5 Å². The molecule has 158 valence electrons. The predicted octanol–water partition coefficient (Wildman–Crippen LogP) is 2.84. The highest BCUT2D eigenvalue weighted by atomic mass is 16.3. The largest absolute Gasteiger partial charge is 0.379 e. The summed E-state index contributed by atoms with van der Waals surface area (Å²) in [6, 6.07) is 8.44. The minimum absolute atomic E-state index is 0.161. The van der Waals surface area contributed by atoms with Crippen LogP contribution in [0.3, 0.4) is 0 Å². The minimum atomic E-state index is -1.33. The number of aliphatic hydroxyl groups is 1. The highest BCUT2D eigenvalue weighted by molar-refractivity contribution is 5.86. The van der Waals surface area contributed by atoms with E-state index >= 15 is 0 Å². The van der Waals surface area contributed by atoms with Crippen molar-refractivity contribution in [2.24, 2.45) is 7.05 Å². The lowest BCUT2D eigenvalue weighted by Crippen LogP contribution is -2.57. The molecule has 0 unspecified atom stereocenters. The molecule has 0 aliphatic carbocycles. The molecule has 1 N–H and O–H groups in total. The van der Waals surface area contributed by atoms with Crippen LogP contribution in [0.1, 0.15) is 55.0 Å². The lowest BCUT2D eigenvalue weighted by molar-refractivity contribution is -0.160. The van der Waals surface area contributed by atoms with Crippen LogP contribution in [0.25, 0.3) is 0 Å². The number of hydrogen-bond donors (Lipinski definition) is 1. The summed E-state index contributed by atoms with van der Waals surface area (Å²) >= 11 is 0. The second kappa shape index (κ2) is 8.67. The number of piperidine rings is 1. The maximum absolute atomic E-state index is 13.1. The summed E-state index contributed by atoms with van der Waals surface area (Å²) in [4.78, 5) is 16.9. The molecule has 0 radical (unpaired) electrons. The van der Waals surface area contributed by atoms with Crippen molar-refractivity contribution in [3.63, 3.8) is 0 Å². The van der Waals surface area contributed by atoms with E-state index in [9.17, 15) is 9.90 Å². The fourth-order valence-corrected chi connectivity index (χ4v) is 4.08. The number of amides is 1. The number of carbonyl (C=O) groups excluding carboxylic acids is 1. The Morgan fingerprint density at radius 3 is 2.55 bits per heavy atom. The quantitative estimate of drug-likeness (QED) is 0.779. The molecule has 1 fully saturated rings. The Bertz CT molecular complexity index is 843. The molecule has 3 rings (SSSR count). The van der Waals surface area contributed by atoms with Gasteiger partial charge in [0.15, 0.2) is 5.60 Å². The molecule has 2 aromatic rings. The first-order chi connectivity index (χ1) is 13.7. The van der Waals surface area contributed by atoms with Gasteiger partial charge < -0.3 is 10.0 Å². The van der Waals surface area contributed by atoms with E-state index in [-0.39, 0.29) is 5.91 Å². The van der Waals surface area contributed by atoms with Gasteiger partial charge in [-0.3, -0.25) is 14.4 Å². The smallest absolute Gasteiger partial charge is 0.256 e. The van der Waals surface area contributed by atoms with Crippen molar-refractivity contribution in [2.75, 3.05) is 20.1 Å². The first-order valence-electron chi connectivity index (χ1n) is 10.5. The Balaban J connectivity index is 1.64. The van der Waals surface area contributed by atoms with Crippen molar-refractivity contribution in [1.82, 2.24) is 19.6 Å². The van der Waals surface area contributed by atoms with E-state index < -0.39 is 5.60 Å². The van der Waals surface area contributed by atoms with Crippen LogP contribution in [0.15, 0.2) is 30.5 Å². The van der Waals surface area contributed by atoms with Crippen LogP contribution in [0.2, 0.25) is 0 Å². The lowest BCUT2D eigenvalue weighted by Gasteiger charge is -2.40. The maximum Gasteiger partial charge on any atom is 0.256 e. The zero-order chi connectivity index (χ0) is 21.2. The minimum Gasteiger partial charge on any atom is -0.379 e. The first-order valence-corrected chi connectivity index (χ1v) is 10.5.